The molecule has 0 radical (unpaired) electrons. The molecule has 1 unspecified atom stereocenters. The lowest BCUT2D eigenvalue weighted by Gasteiger charge is -2.26. The van der Waals surface area contributed by atoms with Crippen LogP contribution < -0.4 is 44.2 Å². The van der Waals surface area contributed by atoms with Crippen LogP contribution in [0, 0.1) is 20.2 Å². The van der Waals surface area contributed by atoms with Crippen LogP contribution in [0.1, 0.15) is 65.2 Å². The summed E-state index contributed by atoms with van der Waals surface area (Å²) in [5, 5.41) is 43.5. The van der Waals surface area contributed by atoms with Crippen LogP contribution in [-0.4, -0.2) is 81.2 Å². The maximum Gasteiger partial charge on any atom is 0.326 e. The lowest BCUT2D eigenvalue weighted by Crippen LogP contribution is -2.58. The number of rotatable bonds is 24. The summed E-state index contributed by atoms with van der Waals surface area (Å²) in [4.78, 5) is 93.3. The number of carboxylic acid groups (broad SMARTS) is 1. The number of non-ortho nitro benzene ring substituents is 1. The standard InChI is InChI=1S/C43H51N11O10/c44-31(29-21-20-28(53(61)62)25-37(29)54(63)64)17-9-18-34(42(59)60)50-41(58)36(24-27-13-5-2-6-14-27)52-39(56)33(19-10-22-48-43(46)47)49-40(57)35(23-26-11-3-1-4-12-26)51-38(55)30-15-7-8-16-32(30)45/h1-8,11-16,20-21,25,31,33-36H,9-10,17-19,22-24,44-45H2,(H,49,57)(H,50,58)(H,51,55)(H,52,56)(H,59,60)(H4,46,47,48)/t31?,33-,34-,35-,36-/m0/s1. The van der Waals surface area contributed by atoms with E-state index in [9.17, 15) is 49.3 Å². The second-order valence-corrected chi connectivity index (χ2v) is 14.8. The molecule has 21 nitrogen and oxygen atoms in total. The van der Waals surface area contributed by atoms with Crippen molar-refractivity contribution >= 4 is 52.6 Å². The summed E-state index contributed by atoms with van der Waals surface area (Å²) < 4.78 is 0. The number of carbonyl (C=O) groups is 5. The van der Waals surface area contributed by atoms with E-state index < -0.39 is 81.0 Å². The van der Waals surface area contributed by atoms with Gasteiger partial charge in [-0.15, -0.1) is 0 Å². The Hall–Kier alpha value is -7.94. The second-order valence-electron chi connectivity index (χ2n) is 14.8. The number of aliphatic carboxylic acids is 1. The highest BCUT2D eigenvalue weighted by atomic mass is 16.6. The van der Waals surface area contributed by atoms with E-state index in [1.807, 2.05) is 0 Å². The number of anilines is 1. The van der Waals surface area contributed by atoms with Crippen LogP contribution in [0.15, 0.2) is 108 Å². The SMILES string of the molecule is NC(N)=NCCC[C@H](NC(=O)[C@H](Cc1ccccc1)NC(=O)c1ccccc1N)C(=O)N[C@@H](Cc1ccccc1)C(=O)N[C@@H](CCCC(N)c1ccc([N+](=O)[O-])cc1[N+](=O)[O-])C(=O)O. The monoisotopic (exact) mass is 881 g/mol. The lowest BCUT2D eigenvalue weighted by atomic mass is 9.98. The first-order chi connectivity index (χ1) is 30.5. The number of para-hydroxylation sites is 1. The molecular formula is C43H51N11O10. The van der Waals surface area contributed by atoms with Gasteiger partial charge in [-0.3, -0.25) is 44.4 Å². The van der Waals surface area contributed by atoms with E-state index in [0.717, 1.165) is 12.1 Å². The van der Waals surface area contributed by atoms with Gasteiger partial charge in [0, 0.05) is 42.7 Å². The van der Waals surface area contributed by atoms with Gasteiger partial charge in [0.05, 0.1) is 21.5 Å². The fourth-order valence-corrected chi connectivity index (χ4v) is 6.72. The molecule has 4 rings (SSSR count). The van der Waals surface area contributed by atoms with E-state index >= 15 is 0 Å². The predicted molar refractivity (Wildman–Crippen MR) is 236 cm³/mol. The van der Waals surface area contributed by atoms with Crippen LogP contribution in [0.5, 0.6) is 0 Å². The summed E-state index contributed by atoms with van der Waals surface area (Å²) in [6.07, 6.45) is -0.0466. The Bertz CT molecular complexity index is 2310. The molecule has 0 saturated heterocycles. The molecular weight excluding hydrogens is 831 g/mol. The Morgan fingerprint density at radius 3 is 1.70 bits per heavy atom. The molecule has 64 heavy (non-hydrogen) atoms. The molecule has 0 aliphatic heterocycles. The average molecular weight is 882 g/mol. The van der Waals surface area contributed by atoms with E-state index in [4.69, 9.17) is 22.9 Å². The van der Waals surface area contributed by atoms with Gasteiger partial charge in [-0.25, -0.2) is 4.79 Å². The number of nitrogens with zero attached hydrogens (tertiary/aromatic N) is 3. The van der Waals surface area contributed by atoms with E-state index in [1.165, 1.54) is 18.2 Å². The third kappa shape index (κ3) is 14.9. The highest BCUT2D eigenvalue weighted by Gasteiger charge is 2.32. The average Bonchev–Trinajstić information content (AvgIpc) is 3.26. The van der Waals surface area contributed by atoms with Gasteiger partial charge in [-0.2, -0.15) is 0 Å². The fraction of sp³-hybridized carbons (Fsp3) is 0.302. The molecule has 4 aromatic rings. The van der Waals surface area contributed by atoms with Crippen molar-refractivity contribution in [3.8, 4) is 0 Å². The molecule has 338 valence electrons. The van der Waals surface area contributed by atoms with Crippen LogP contribution in [0.3, 0.4) is 0 Å². The summed E-state index contributed by atoms with van der Waals surface area (Å²) in [5.74, 6) is -4.67. The van der Waals surface area contributed by atoms with Crippen molar-refractivity contribution in [2.45, 2.75) is 75.2 Å². The van der Waals surface area contributed by atoms with Crippen molar-refractivity contribution in [2.75, 3.05) is 12.3 Å². The number of nitro benzene ring substituents is 2. The van der Waals surface area contributed by atoms with E-state index in [1.54, 1.807) is 72.8 Å². The molecule has 0 bridgehead atoms. The van der Waals surface area contributed by atoms with E-state index in [-0.39, 0.29) is 74.3 Å². The zero-order valence-corrected chi connectivity index (χ0v) is 34.6. The Balaban J connectivity index is 1.55. The molecule has 13 N–H and O–H groups in total. The topological polar surface area (TPSA) is 356 Å². The molecule has 0 spiro atoms. The first-order valence-electron chi connectivity index (χ1n) is 20.1. The number of hydrogen-bond acceptors (Lipinski definition) is 12. The Morgan fingerprint density at radius 2 is 1.16 bits per heavy atom. The first-order valence-corrected chi connectivity index (χ1v) is 20.1. The van der Waals surface area contributed by atoms with Crippen LogP contribution in [0.25, 0.3) is 0 Å². The van der Waals surface area contributed by atoms with Crippen molar-refractivity contribution in [3.05, 3.63) is 146 Å². The summed E-state index contributed by atoms with van der Waals surface area (Å²) >= 11 is 0. The number of nitrogens with one attached hydrogen (secondary N) is 4. The molecule has 5 atom stereocenters. The Kier molecular flexibility index (Phi) is 18.2. The van der Waals surface area contributed by atoms with Gasteiger partial charge in [0.25, 0.3) is 17.3 Å². The van der Waals surface area contributed by atoms with Crippen molar-refractivity contribution in [1.82, 2.24) is 21.3 Å². The molecule has 0 aromatic heterocycles. The maximum absolute atomic E-state index is 14.2. The second kappa shape index (κ2) is 23.9. The third-order valence-corrected chi connectivity index (χ3v) is 10.0. The highest BCUT2D eigenvalue weighted by Crippen LogP contribution is 2.30. The number of hydrogen-bond donors (Lipinski definition) is 9. The largest absolute Gasteiger partial charge is 0.480 e. The molecule has 0 aliphatic rings. The fourth-order valence-electron chi connectivity index (χ4n) is 6.72. The molecule has 21 heteroatoms. The Labute approximate surface area is 367 Å². The zero-order chi connectivity index (χ0) is 46.8. The number of amides is 4. The number of nitrogens with two attached hydrogens (primary N) is 4. The summed E-state index contributed by atoms with van der Waals surface area (Å²) in [6.45, 7) is 0.0782. The number of carboxylic acids is 1. The van der Waals surface area contributed by atoms with Crippen LogP contribution in [0.2, 0.25) is 0 Å². The molecule has 0 heterocycles. The van der Waals surface area contributed by atoms with Gasteiger partial charge in [-0.05, 0) is 61.4 Å². The van der Waals surface area contributed by atoms with Crippen LogP contribution in [0.4, 0.5) is 17.1 Å². The lowest BCUT2D eigenvalue weighted by molar-refractivity contribution is -0.394. The molecule has 0 aliphatic carbocycles. The van der Waals surface area contributed by atoms with Gasteiger partial charge >= 0.3 is 5.97 Å². The van der Waals surface area contributed by atoms with Gasteiger partial charge < -0.3 is 49.3 Å². The maximum atomic E-state index is 14.2. The number of nitro groups is 2. The molecule has 4 amide bonds. The Morgan fingerprint density at radius 1 is 0.641 bits per heavy atom. The van der Waals surface area contributed by atoms with Gasteiger partial charge in [0.1, 0.15) is 24.2 Å². The minimum absolute atomic E-state index is 0.00625. The zero-order valence-electron chi connectivity index (χ0n) is 34.6. The van der Waals surface area contributed by atoms with Crippen LogP contribution >= 0.6 is 0 Å². The summed E-state index contributed by atoms with van der Waals surface area (Å²) in [6, 6.07) is 20.3. The minimum atomic E-state index is -1.50. The van der Waals surface area contributed by atoms with Crippen molar-refractivity contribution in [1.29, 1.82) is 0 Å². The number of benzene rings is 4. The quantitative estimate of drug-likeness (QED) is 0.0122. The minimum Gasteiger partial charge on any atom is -0.480 e. The number of guanidine groups is 1. The normalized spacial score (nSPS) is 13.1. The van der Waals surface area contributed by atoms with Crippen molar-refractivity contribution in [2.24, 2.45) is 22.2 Å². The predicted octanol–water partition coefficient (Wildman–Crippen LogP) is 2.13. The smallest absolute Gasteiger partial charge is 0.326 e. The third-order valence-electron chi connectivity index (χ3n) is 10.0. The summed E-state index contributed by atoms with van der Waals surface area (Å²) in [5.41, 5.74) is 23.8. The molecule has 0 fully saturated rings. The summed E-state index contributed by atoms with van der Waals surface area (Å²) in [7, 11) is 0. The number of aliphatic imine (C=N–C) groups is 1. The van der Waals surface area contributed by atoms with Gasteiger partial charge in [0.2, 0.25) is 17.7 Å². The van der Waals surface area contributed by atoms with Gasteiger partial charge in [0.15, 0.2) is 5.96 Å². The van der Waals surface area contributed by atoms with E-state index in [0.29, 0.717) is 11.1 Å². The highest BCUT2D eigenvalue weighted by molar-refractivity contribution is 6.02. The van der Waals surface area contributed by atoms with E-state index in [2.05, 4.69) is 26.3 Å². The van der Waals surface area contributed by atoms with Crippen molar-refractivity contribution < 1.29 is 38.9 Å². The van der Waals surface area contributed by atoms with Crippen LogP contribution in [-0.2, 0) is 32.0 Å². The van der Waals surface area contributed by atoms with Gasteiger partial charge in [-0.1, -0.05) is 72.8 Å². The molecule has 4 aromatic carbocycles. The number of carbonyl (C=O) groups excluding carboxylic acids is 4. The van der Waals surface area contributed by atoms with Crippen molar-refractivity contribution in [3.63, 3.8) is 0 Å². The first kappa shape index (κ1) is 48.7. The molecule has 0 saturated carbocycles. The number of nitrogen functional groups attached to an aromatic ring is 1.